The van der Waals surface area contributed by atoms with Crippen molar-refractivity contribution in [2.45, 2.75) is 66.7 Å². The Morgan fingerprint density at radius 2 is 1.81 bits per heavy atom. The molecule has 0 aliphatic heterocycles. The van der Waals surface area contributed by atoms with E-state index in [0.717, 1.165) is 17.8 Å². The summed E-state index contributed by atoms with van der Waals surface area (Å²) >= 11 is 0. The second-order valence-electron chi connectivity index (χ2n) is 7.31. The molecule has 0 bridgehead atoms. The highest BCUT2D eigenvalue weighted by molar-refractivity contribution is 5.22. The van der Waals surface area contributed by atoms with Gasteiger partial charge in [0.05, 0.1) is 0 Å². The van der Waals surface area contributed by atoms with Crippen molar-refractivity contribution < 1.29 is 0 Å². The Kier molecular flexibility index (Phi) is 3.20. The lowest BCUT2D eigenvalue weighted by molar-refractivity contribution is 0.200. The van der Waals surface area contributed by atoms with E-state index < -0.39 is 0 Å². The average molecular weight is 220 g/mol. The molecule has 2 aliphatic carbocycles. The molecule has 0 aromatic heterocycles. The monoisotopic (exact) mass is 220 g/mol. The van der Waals surface area contributed by atoms with Gasteiger partial charge in [0.1, 0.15) is 0 Å². The van der Waals surface area contributed by atoms with Crippen LogP contribution < -0.4 is 0 Å². The predicted molar refractivity (Wildman–Crippen MR) is 71.4 cm³/mol. The van der Waals surface area contributed by atoms with Crippen LogP contribution in [0.4, 0.5) is 0 Å². The van der Waals surface area contributed by atoms with Gasteiger partial charge < -0.3 is 0 Å². The van der Waals surface area contributed by atoms with Crippen molar-refractivity contribution in [1.29, 1.82) is 0 Å². The Bertz CT molecular complexity index is 295. The lowest BCUT2D eigenvalue weighted by Crippen LogP contribution is -2.24. The van der Waals surface area contributed by atoms with Crippen LogP contribution in [0.5, 0.6) is 0 Å². The summed E-state index contributed by atoms with van der Waals surface area (Å²) in [4.78, 5) is 0. The van der Waals surface area contributed by atoms with E-state index in [9.17, 15) is 0 Å². The zero-order valence-electron chi connectivity index (χ0n) is 11.8. The molecule has 1 fully saturated rings. The van der Waals surface area contributed by atoms with Gasteiger partial charge in [-0.1, -0.05) is 38.8 Å². The molecule has 0 nitrogen and oxygen atoms in total. The number of rotatable bonds is 0. The van der Waals surface area contributed by atoms with E-state index in [2.05, 4.69) is 34.6 Å². The Morgan fingerprint density at radius 1 is 1.12 bits per heavy atom. The quantitative estimate of drug-likeness (QED) is 0.492. The number of allylic oxidation sites excluding steroid dienone is 2. The summed E-state index contributed by atoms with van der Waals surface area (Å²) in [6.07, 6.45) is 7.00. The molecule has 0 spiro atoms. The fourth-order valence-electron chi connectivity index (χ4n) is 4.32. The van der Waals surface area contributed by atoms with Gasteiger partial charge in [0.2, 0.25) is 0 Å². The molecule has 2 rings (SSSR count). The summed E-state index contributed by atoms with van der Waals surface area (Å²) in [6, 6.07) is 0. The van der Waals surface area contributed by atoms with Crippen molar-refractivity contribution in [2.24, 2.45) is 23.2 Å². The molecule has 0 amide bonds. The van der Waals surface area contributed by atoms with Crippen LogP contribution in [0.25, 0.3) is 0 Å². The molecule has 0 radical (unpaired) electrons. The minimum Gasteiger partial charge on any atom is -0.0736 e. The molecule has 0 aromatic rings. The van der Waals surface area contributed by atoms with Crippen LogP contribution in [0.2, 0.25) is 0 Å². The maximum atomic E-state index is 2.48. The predicted octanol–water partition coefficient (Wildman–Crippen LogP) is 5.20. The van der Waals surface area contributed by atoms with Crippen molar-refractivity contribution in [2.75, 3.05) is 0 Å². The molecule has 2 aliphatic rings. The number of hydrogen-bond donors (Lipinski definition) is 0. The zero-order chi connectivity index (χ0) is 11.9. The molecule has 0 unspecified atom stereocenters. The number of fused-ring (bicyclic) bond motifs is 1. The normalized spacial score (nSPS) is 43.7. The van der Waals surface area contributed by atoms with Crippen molar-refractivity contribution in [3.8, 4) is 0 Å². The van der Waals surface area contributed by atoms with Crippen molar-refractivity contribution >= 4 is 0 Å². The second-order valence-corrected chi connectivity index (χ2v) is 7.31. The summed E-state index contributed by atoms with van der Waals surface area (Å²) in [5.41, 5.74) is 4.12. The van der Waals surface area contributed by atoms with Crippen LogP contribution in [0.1, 0.15) is 66.7 Å². The minimum atomic E-state index is 0.550. The van der Waals surface area contributed by atoms with Gasteiger partial charge in [-0.25, -0.2) is 0 Å². The second kappa shape index (κ2) is 4.20. The Balaban J connectivity index is 2.31. The summed E-state index contributed by atoms with van der Waals surface area (Å²) in [7, 11) is 0. The maximum absolute atomic E-state index is 2.48. The van der Waals surface area contributed by atoms with Crippen LogP contribution >= 0.6 is 0 Å². The van der Waals surface area contributed by atoms with Crippen LogP contribution in [-0.2, 0) is 0 Å². The highest BCUT2D eigenvalue weighted by atomic mass is 14.4. The van der Waals surface area contributed by atoms with Gasteiger partial charge in [0.25, 0.3) is 0 Å². The largest absolute Gasteiger partial charge is 0.0736 e. The van der Waals surface area contributed by atoms with Crippen LogP contribution in [0, 0.1) is 23.2 Å². The summed E-state index contributed by atoms with van der Waals surface area (Å²) in [5.74, 6) is 2.71. The molecule has 16 heavy (non-hydrogen) atoms. The molecular formula is C16H28. The highest BCUT2D eigenvalue weighted by Crippen LogP contribution is 2.49. The van der Waals surface area contributed by atoms with E-state index in [0.29, 0.717) is 5.41 Å². The van der Waals surface area contributed by atoms with E-state index in [4.69, 9.17) is 0 Å². The lowest BCUT2D eigenvalue weighted by atomic mass is 9.69. The smallest absolute Gasteiger partial charge is 0.0170 e. The van der Waals surface area contributed by atoms with Gasteiger partial charge in [-0.15, -0.1) is 0 Å². The molecule has 1 saturated carbocycles. The SMILES string of the molecule is C/C1=C2\CC[C@@H](C)[C@@H]2CC(C)(C)C[C@@H](C)C1. The summed E-state index contributed by atoms with van der Waals surface area (Å²) < 4.78 is 0. The molecule has 0 heteroatoms. The van der Waals surface area contributed by atoms with Gasteiger partial charge in [-0.2, -0.15) is 0 Å². The first-order valence-corrected chi connectivity index (χ1v) is 7.07. The first-order valence-electron chi connectivity index (χ1n) is 7.07. The van der Waals surface area contributed by atoms with Gasteiger partial charge in [-0.3, -0.25) is 0 Å². The van der Waals surface area contributed by atoms with Crippen LogP contribution in [0.3, 0.4) is 0 Å². The molecule has 0 aromatic carbocycles. The van der Waals surface area contributed by atoms with Crippen molar-refractivity contribution in [1.82, 2.24) is 0 Å². The maximum Gasteiger partial charge on any atom is -0.0170 e. The third kappa shape index (κ3) is 2.36. The first-order chi connectivity index (χ1) is 7.39. The van der Waals surface area contributed by atoms with Gasteiger partial charge >= 0.3 is 0 Å². The molecule has 92 valence electrons. The van der Waals surface area contributed by atoms with E-state index in [1.807, 2.05) is 5.57 Å². The van der Waals surface area contributed by atoms with E-state index >= 15 is 0 Å². The summed E-state index contributed by atoms with van der Waals surface area (Å²) in [5, 5.41) is 0. The van der Waals surface area contributed by atoms with Crippen molar-refractivity contribution in [3.05, 3.63) is 11.1 Å². The van der Waals surface area contributed by atoms with Gasteiger partial charge in [0.15, 0.2) is 0 Å². The number of hydrogen-bond acceptors (Lipinski definition) is 0. The third-order valence-corrected chi connectivity index (χ3v) is 4.88. The molecular weight excluding hydrogens is 192 g/mol. The molecule has 0 saturated heterocycles. The fourth-order valence-corrected chi connectivity index (χ4v) is 4.32. The zero-order valence-corrected chi connectivity index (χ0v) is 11.8. The van der Waals surface area contributed by atoms with Gasteiger partial charge in [0, 0.05) is 0 Å². The van der Waals surface area contributed by atoms with E-state index in [-0.39, 0.29) is 0 Å². The summed E-state index contributed by atoms with van der Waals surface area (Å²) in [6.45, 7) is 12.3. The highest BCUT2D eigenvalue weighted by Gasteiger charge is 2.36. The third-order valence-electron chi connectivity index (χ3n) is 4.88. The average Bonchev–Trinajstić information content (AvgIpc) is 2.44. The fraction of sp³-hybridized carbons (Fsp3) is 0.875. The molecule has 0 heterocycles. The first kappa shape index (κ1) is 12.2. The standard InChI is InChI=1S/C16H28/c1-11-8-13(3)14-7-6-12(2)15(14)10-16(4,5)9-11/h11-12,15H,6-10H2,1-5H3/b14-13-/t11-,12+,15-/m0/s1. The Labute approximate surface area is 102 Å². The van der Waals surface area contributed by atoms with Gasteiger partial charge in [-0.05, 0) is 62.2 Å². The topological polar surface area (TPSA) is 0 Å². The lowest BCUT2D eigenvalue weighted by Gasteiger charge is -2.36. The molecule has 3 atom stereocenters. The Hall–Kier alpha value is -0.260. The van der Waals surface area contributed by atoms with Crippen molar-refractivity contribution in [3.63, 3.8) is 0 Å². The molecule has 0 N–H and O–H groups in total. The minimum absolute atomic E-state index is 0.550. The van der Waals surface area contributed by atoms with Crippen LogP contribution in [-0.4, -0.2) is 0 Å². The van der Waals surface area contributed by atoms with E-state index in [1.165, 1.54) is 32.1 Å². The van der Waals surface area contributed by atoms with Crippen LogP contribution in [0.15, 0.2) is 11.1 Å². The van der Waals surface area contributed by atoms with E-state index in [1.54, 1.807) is 5.57 Å². The Morgan fingerprint density at radius 3 is 2.50 bits per heavy atom.